The molecular formula is C21H20F2N2O5S2. The van der Waals surface area contributed by atoms with Gasteiger partial charge in [-0.3, -0.25) is 4.79 Å². The molecule has 0 bridgehead atoms. The third-order valence-electron chi connectivity index (χ3n) is 6.19. The molecule has 0 aliphatic heterocycles. The number of ketones is 1. The van der Waals surface area contributed by atoms with E-state index >= 15 is 0 Å². The minimum atomic E-state index is -3.93. The van der Waals surface area contributed by atoms with Gasteiger partial charge in [0, 0.05) is 23.2 Å². The first-order valence-electron chi connectivity index (χ1n) is 10.2. The van der Waals surface area contributed by atoms with Gasteiger partial charge in [0.25, 0.3) is 0 Å². The number of benzene rings is 2. The lowest BCUT2D eigenvalue weighted by molar-refractivity contribution is 0.104. The lowest BCUT2D eigenvalue weighted by atomic mass is 9.92. The number of rotatable bonds is 6. The normalized spacial score (nSPS) is 26.8. The molecule has 2 N–H and O–H groups in total. The van der Waals surface area contributed by atoms with E-state index in [4.69, 9.17) is 0 Å². The Labute approximate surface area is 184 Å². The number of fused-ring (bicyclic) bond motifs is 3. The maximum absolute atomic E-state index is 13.0. The van der Waals surface area contributed by atoms with Crippen LogP contribution in [-0.2, 0) is 20.0 Å². The maximum atomic E-state index is 13.0. The highest BCUT2D eigenvalue weighted by Gasteiger charge is 2.36. The fourth-order valence-corrected chi connectivity index (χ4v) is 6.81. The molecule has 11 heteroatoms. The molecule has 5 rings (SSSR count). The van der Waals surface area contributed by atoms with Crippen LogP contribution in [0, 0.1) is 0 Å². The molecule has 0 unspecified atom stereocenters. The zero-order valence-electron chi connectivity index (χ0n) is 16.7. The smallest absolute Gasteiger partial charge is 0.240 e. The summed E-state index contributed by atoms with van der Waals surface area (Å²) < 4.78 is 81.3. The summed E-state index contributed by atoms with van der Waals surface area (Å²) in [7, 11) is -7.85. The Hall–Kier alpha value is -2.21. The Morgan fingerprint density at radius 1 is 0.656 bits per heavy atom. The van der Waals surface area contributed by atoms with Crippen LogP contribution < -0.4 is 9.44 Å². The highest BCUT2D eigenvalue weighted by atomic mass is 32.2. The predicted octanol–water partition coefficient (Wildman–Crippen LogP) is 2.46. The quantitative estimate of drug-likeness (QED) is 0.561. The van der Waals surface area contributed by atoms with Crippen molar-refractivity contribution in [2.75, 3.05) is 0 Å². The second kappa shape index (κ2) is 7.41. The summed E-state index contributed by atoms with van der Waals surface area (Å²) in [6.45, 7) is 0. The van der Waals surface area contributed by atoms with E-state index in [0.29, 0.717) is 11.1 Å². The van der Waals surface area contributed by atoms with E-state index in [9.17, 15) is 30.4 Å². The highest BCUT2D eigenvalue weighted by Crippen LogP contribution is 2.39. The topological polar surface area (TPSA) is 109 Å². The third kappa shape index (κ3) is 3.66. The van der Waals surface area contributed by atoms with Crippen molar-refractivity contribution < 1.29 is 30.4 Å². The van der Waals surface area contributed by atoms with Gasteiger partial charge in [0.05, 0.1) is 9.79 Å². The number of alkyl halides is 2. The molecule has 7 nitrogen and oxygen atoms in total. The molecule has 0 atom stereocenters. The van der Waals surface area contributed by atoms with Crippen LogP contribution in [0.2, 0.25) is 0 Å². The second-order valence-electron chi connectivity index (χ2n) is 8.52. The Balaban J connectivity index is 1.42. The average Bonchev–Trinajstić information content (AvgIpc) is 2.97. The Morgan fingerprint density at radius 2 is 1.03 bits per heavy atom. The summed E-state index contributed by atoms with van der Waals surface area (Å²) in [4.78, 5) is 12.8. The molecule has 3 aliphatic carbocycles. The van der Waals surface area contributed by atoms with E-state index in [1.807, 2.05) is 0 Å². The first kappa shape index (κ1) is 21.6. The molecule has 0 heterocycles. The van der Waals surface area contributed by atoms with Crippen molar-refractivity contribution in [2.45, 2.75) is 59.9 Å². The van der Waals surface area contributed by atoms with Crippen molar-refractivity contribution in [3.05, 3.63) is 47.5 Å². The molecular weight excluding hydrogens is 462 g/mol. The zero-order chi connectivity index (χ0) is 22.8. The standard InChI is InChI=1S/C21H20F2N2O5S2/c22-11-5-13(6-11)24-31(27,28)15-1-3-17-18-4-2-16(10-20(18)21(26)19(17)9-15)32(29,30)25-14-7-12(23)8-14/h1-4,9-14,24-25H,5-8H2. The van der Waals surface area contributed by atoms with Gasteiger partial charge in [0.2, 0.25) is 20.0 Å². The lowest BCUT2D eigenvalue weighted by Gasteiger charge is -2.30. The molecule has 2 saturated carbocycles. The van der Waals surface area contributed by atoms with Crippen molar-refractivity contribution in [3.8, 4) is 11.1 Å². The van der Waals surface area contributed by atoms with Crippen LogP contribution in [-0.4, -0.2) is 47.0 Å². The van der Waals surface area contributed by atoms with Crippen molar-refractivity contribution in [1.82, 2.24) is 9.44 Å². The Kier molecular flexibility index (Phi) is 5.01. The maximum Gasteiger partial charge on any atom is 0.240 e. The molecule has 0 spiro atoms. The first-order valence-corrected chi connectivity index (χ1v) is 13.2. The first-order chi connectivity index (χ1) is 15.0. The fourth-order valence-electron chi connectivity index (χ4n) is 4.24. The molecule has 2 fully saturated rings. The molecule has 0 amide bonds. The van der Waals surface area contributed by atoms with E-state index in [-0.39, 0.29) is 46.6 Å². The molecule has 0 aromatic heterocycles. The van der Waals surface area contributed by atoms with E-state index in [1.54, 1.807) is 0 Å². The van der Waals surface area contributed by atoms with E-state index in [0.717, 1.165) is 0 Å². The molecule has 170 valence electrons. The number of carbonyl (C=O) groups excluding carboxylic acids is 1. The Bertz CT molecular complexity index is 1230. The van der Waals surface area contributed by atoms with Gasteiger partial charge in [-0.2, -0.15) is 0 Å². The SMILES string of the molecule is O=C1c2cc(S(=O)(=O)NC3CC(F)C3)ccc2-c2ccc(S(=O)(=O)NC3CC(F)C3)cc21. The average molecular weight is 483 g/mol. The molecule has 0 saturated heterocycles. The van der Waals surface area contributed by atoms with Crippen molar-refractivity contribution in [1.29, 1.82) is 0 Å². The summed E-state index contributed by atoms with van der Waals surface area (Å²) in [5.74, 6) is -0.482. The van der Waals surface area contributed by atoms with Gasteiger partial charge in [0.15, 0.2) is 5.78 Å². The number of carbonyl (C=O) groups is 1. The highest BCUT2D eigenvalue weighted by molar-refractivity contribution is 7.89. The van der Waals surface area contributed by atoms with Crippen molar-refractivity contribution >= 4 is 25.8 Å². The van der Waals surface area contributed by atoms with Crippen LogP contribution in [0.5, 0.6) is 0 Å². The van der Waals surface area contributed by atoms with Gasteiger partial charge >= 0.3 is 0 Å². The van der Waals surface area contributed by atoms with Crippen LogP contribution in [0.15, 0.2) is 46.2 Å². The lowest BCUT2D eigenvalue weighted by Crippen LogP contribution is -2.45. The zero-order valence-corrected chi connectivity index (χ0v) is 18.3. The minimum absolute atomic E-state index is 0.111. The predicted molar refractivity (Wildman–Crippen MR) is 112 cm³/mol. The summed E-state index contributed by atoms with van der Waals surface area (Å²) in [5.41, 5.74) is 1.32. The second-order valence-corrected chi connectivity index (χ2v) is 11.9. The van der Waals surface area contributed by atoms with Gasteiger partial charge in [-0.25, -0.2) is 35.1 Å². The number of hydrogen-bond acceptors (Lipinski definition) is 5. The fraction of sp³-hybridized carbons (Fsp3) is 0.381. The number of nitrogens with one attached hydrogen (secondary N) is 2. The monoisotopic (exact) mass is 482 g/mol. The summed E-state index contributed by atoms with van der Waals surface area (Å²) in [6.07, 6.45) is -1.55. The number of sulfonamides is 2. The molecule has 3 aliphatic rings. The summed E-state index contributed by atoms with van der Waals surface area (Å²) in [6, 6.07) is 7.32. The minimum Gasteiger partial charge on any atom is -0.289 e. The van der Waals surface area contributed by atoms with Crippen molar-refractivity contribution in [2.24, 2.45) is 0 Å². The molecule has 2 aromatic rings. The van der Waals surface area contributed by atoms with Crippen molar-refractivity contribution in [3.63, 3.8) is 0 Å². The van der Waals surface area contributed by atoms with Crippen LogP contribution in [0.1, 0.15) is 41.6 Å². The molecule has 2 aromatic carbocycles. The van der Waals surface area contributed by atoms with Gasteiger partial charge in [-0.15, -0.1) is 0 Å². The number of halogens is 2. The van der Waals surface area contributed by atoms with E-state index < -0.39 is 50.3 Å². The summed E-state index contributed by atoms with van der Waals surface area (Å²) >= 11 is 0. The third-order valence-corrected chi connectivity index (χ3v) is 9.22. The van der Waals surface area contributed by atoms with Crippen LogP contribution >= 0.6 is 0 Å². The Morgan fingerprint density at radius 3 is 1.38 bits per heavy atom. The van der Waals surface area contributed by atoms with E-state index in [2.05, 4.69) is 9.44 Å². The van der Waals surface area contributed by atoms with E-state index in [1.165, 1.54) is 36.4 Å². The summed E-state index contributed by atoms with van der Waals surface area (Å²) in [5, 5.41) is 0. The van der Waals surface area contributed by atoms with Gasteiger partial charge in [0.1, 0.15) is 12.3 Å². The van der Waals surface area contributed by atoms with Crippen LogP contribution in [0.25, 0.3) is 11.1 Å². The van der Waals surface area contributed by atoms with Gasteiger partial charge in [-0.1, -0.05) is 12.1 Å². The van der Waals surface area contributed by atoms with Crippen LogP contribution in [0.4, 0.5) is 8.78 Å². The van der Waals surface area contributed by atoms with Gasteiger partial charge < -0.3 is 0 Å². The molecule has 0 radical (unpaired) electrons. The van der Waals surface area contributed by atoms with Gasteiger partial charge in [-0.05, 0) is 61.1 Å². The number of hydrogen-bond donors (Lipinski definition) is 2. The molecule has 32 heavy (non-hydrogen) atoms. The van der Waals surface area contributed by atoms with Crippen LogP contribution in [0.3, 0.4) is 0 Å². The largest absolute Gasteiger partial charge is 0.289 e.